The van der Waals surface area contributed by atoms with Crippen LogP contribution in [-0.2, 0) is 23.2 Å². The summed E-state index contributed by atoms with van der Waals surface area (Å²) in [6.45, 7) is 5.41. The largest absolute Gasteiger partial charge is 0.461 e. The van der Waals surface area contributed by atoms with Gasteiger partial charge in [0.2, 0.25) is 0 Å². The second kappa shape index (κ2) is 6.86. The van der Waals surface area contributed by atoms with Crippen LogP contribution in [0.15, 0.2) is 28.7 Å². The maximum absolute atomic E-state index is 12.9. The fraction of sp³-hybridized carbons (Fsp3) is 0.556. The Balaban J connectivity index is 1.86. The maximum Gasteiger partial charge on any atom is 0.282 e. The van der Waals surface area contributed by atoms with Crippen molar-refractivity contribution in [2.45, 2.75) is 39.7 Å². The number of furan rings is 1. The molecule has 6 heteroatoms. The van der Waals surface area contributed by atoms with Crippen molar-refractivity contribution < 1.29 is 12.8 Å². The van der Waals surface area contributed by atoms with Gasteiger partial charge in [0.1, 0.15) is 11.3 Å². The van der Waals surface area contributed by atoms with Crippen molar-refractivity contribution in [3.05, 3.63) is 35.6 Å². The first kappa shape index (κ1) is 17.5. The summed E-state index contributed by atoms with van der Waals surface area (Å²) in [5.74, 6) is 1.40. The second-order valence-electron chi connectivity index (χ2n) is 6.51. The zero-order valence-corrected chi connectivity index (χ0v) is 15.5. The summed E-state index contributed by atoms with van der Waals surface area (Å²) in [4.78, 5) is 0. The molecule has 0 amide bonds. The third-order valence-corrected chi connectivity index (χ3v) is 6.69. The van der Waals surface area contributed by atoms with Crippen molar-refractivity contribution in [1.29, 1.82) is 0 Å². The highest BCUT2D eigenvalue weighted by Gasteiger charge is 2.32. The van der Waals surface area contributed by atoms with Gasteiger partial charge in [-0.15, -0.1) is 0 Å². The van der Waals surface area contributed by atoms with Crippen LogP contribution in [0.3, 0.4) is 0 Å². The molecule has 0 bridgehead atoms. The molecule has 1 aromatic heterocycles. The van der Waals surface area contributed by atoms with E-state index < -0.39 is 10.2 Å². The molecule has 0 unspecified atom stereocenters. The average molecular weight is 350 g/mol. The molecule has 24 heavy (non-hydrogen) atoms. The molecule has 0 radical (unpaired) electrons. The van der Waals surface area contributed by atoms with Gasteiger partial charge >= 0.3 is 0 Å². The first-order valence-electron chi connectivity index (χ1n) is 8.68. The third kappa shape index (κ3) is 3.36. The van der Waals surface area contributed by atoms with Crippen molar-refractivity contribution in [1.82, 2.24) is 8.61 Å². The lowest BCUT2D eigenvalue weighted by atomic mass is 10.1. The molecule has 5 nitrogen and oxygen atoms in total. The third-order valence-electron chi connectivity index (χ3n) is 4.72. The molecule has 1 aliphatic rings. The lowest BCUT2D eigenvalue weighted by Gasteiger charge is -2.26. The van der Waals surface area contributed by atoms with Gasteiger partial charge < -0.3 is 4.42 Å². The fourth-order valence-electron chi connectivity index (χ4n) is 3.08. The summed E-state index contributed by atoms with van der Waals surface area (Å²) in [6, 6.07) is 7.82. The number of nitrogens with zero attached hydrogens (tertiary/aromatic N) is 2. The molecule has 0 spiro atoms. The molecule has 1 heterocycles. The van der Waals surface area contributed by atoms with Crippen LogP contribution in [0.2, 0.25) is 0 Å². The van der Waals surface area contributed by atoms with Gasteiger partial charge in [-0.1, -0.05) is 32.0 Å². The number of para-hydroxylation sites is 1. The van der Waals surface area contributed by atoms with Crippen LogP contribution in [0, 0.1) is 5.92 Å². The quantitative estimate of drug-likeness (QED) is 0.733. The lowest BCUT2D eigenvalue weighted by molar-refractivity contribution is 0.355. The van der Waals surface area contributed by atoms with E-state index in [1.165, 1.54) is 4.31 Å². The summed E-state index contributed by atoms with van der Waals surface area (Å²) >= 11 is 0. The molecule has 0 atom stereocenters. The van der Waals surface area contributed by atoms with Crippen LogP contribution in [0.4, 0.5) is 0 Å². The highest BCUT2D eigenvalue weighted by atomic mass is 32.2. The summed E-state index contributed by atoms with van der Waals surface area (Å²) in [5.41, 5.74) is 1.79. The van der Waals surface area contributed by atoms with Gasteiger partial charge in [0.15, 0.2) is 0 Å². The van der Waals surface area contributed by atoms with E-state index in [0.717, 1.165) is 41.6 Å². The zero-order chi connectivity index (χ0) is 17.3. The molecule has 0 saturated heterocycles. The number of aryl methyl sites for hydroxylation is 1. The number of hydrogen-bond donors (Lipinski definition) is 0. The van der Waals surface area contributed by atoms with Gasteiger partial charge in [0.25, 0.3) is 10.2 Å². The Kier molecular flexibility index (Phi) is 4.99. The Labute approximate surface area is 144 Å². The van der Waals surface area contributed by atoms with E-state index in [1.54, 1.807) is 11.4 Å². The van der Waals surface area contributed by atoms with Crippen LogP contribution in [-0.4, -0.2) is 37.2 Å². The Bertz CT molecular complexity index is 809. The molecule has 1 aliphatic carbocycles. The number of benzene rings is 1. The van der Waals surface area contributed by atoms with Crippen molar-refractivity contribution in [3.8, 4) is 0 Å². The normalized spacial score (nSPS) is 15.7. The molecule has 132 valence electrons. The first-order valence-corrected chi connectivity index (χ1v) is 10.1. The van der Waals surface area contributed by atoms with Crippen LogP contribution >= 0.6 is 0 Å². The van der Waals surface area contributed by atoms with Crippen LogP contribution in [0.1, 0.15) is 38.0 Å². The Morgan fingerprint density at radius 3 is 2.54 bits per heavy atom. The van der Waals surface area contributed by atoms with E-state index >= 15 is 0 Å². The Morgan fingerprint density at radius 2 is 1.92 bits per heavy atom. The van der Waals surface area contributed by atoms with Crippen LogP contribution in [0.5, 0.6) is 0 Å². The van der Waals surface area contributed by atoms with Gasteiger partial charge in [-0.3, -0.25) is 0 Å². The van der Waals surface area contributed by atoms with E-state index in [4.69, 9.17) is 4.42 Å². The van der Waals surface area contributed by atoms with Gasteiger partial charge in [0.05, 0.1) is 0 Å². The molecule has 1 aromatic carbocycles. The summed E-state index contributed by atoms with van der Waals surface area (Å²) in [7, 11) is -1.79. The van der Waals surface area contributed by atoms with Gasteiger partial charge in [-0.25, -0.2) is 0 Å². The van der Waals surface area contributed by atoms with Crippen LogP contribution in [0.25, 0.3) is 11.0 Å². The van der Waals surface area contributed by atoms with E-state index in [0.29, 0.717) is 25.6 Å². The minimum Gasteiger partial charge on any atom is -0.461 e. The minimum absolute atomic E-state index is 0.337. The number of hydrogen-bond acceptors (Lipinski definition) is 3. The molecule has 0 aliphatic heterocycles. The molecular weight excluding hydrogens is 324 g/mol. The predicted octanol–water partition coefficient (Wildman–Crippen LogP) is 3.40. The highest BCUT2D eigenvalue weighted by molar-refractivity contribution is 7.86. The molecule has 1 saturated carbocycles. The zero-order valence-electron chi connectivity index (χ0n) is 14.7. The van der Waals surface area contributed by atoms with Crippen LogP contribution < -0.4 is 0 Å². The van der Waals surface area contributed by atoms with Gasteiger partial charge in [-0.05, 0) is 24.8 Å². The van der Waals surface area contributed by atoms with E-state index in [9.17, 15) is 8.42 Å². The molecule has 1 fully saturated rings. The monoisotopic (exact) mass is 350 g/mol. The van der Waals surface area contributed by atoms with Crippen molar-refractivity contribution >= 4 is 21.2 Å². The van der Waals surface area contributed by atoms with Crippen molar-refractivity contribution in [2.24, 2.45) is 5.92 Å². The Morgan fingerprint density at radius 1 is 1.21 bits per heavy atom. The lowest BCUT2D eigenvalue weighted by Crippen LogP contribution is -2.42. The number of rotatable bonds is 8. The summed E-state index contributed by atoms with van der Waals surface area (Å²) < 4.78 is 34.8. The standard InChI is InChI=1S/C18H26N2O3S/c1-4-17-16(15-8-6-7-9-18(15)23-17)13-19(3)24(21,22)20(5-2)12-14-10-11-14/h6-9,14H,4-5,10-13H2,1-3H3. The van der Waals surface area contributed by atoms with E-state index in [-0.39, 0.29) is 0 Å². The second-order valence-corrected chi connectivity index (χ2v) is 8.55. The molecule has 0 N–H and O–H groups in total. The van der Waals surface area contributed by atoms with E-state index in [1.807, 2.05) is 38.1 Å². The average Bonchev–Trinajstić information content (AvgIpc) is 3.33. The number of fused-ring (bicyclic) bond motifs is 1. The van der Waals surface area contributed by atoms with Gasteiger partial charge in [-0.2, -0.15) is 17.0 Å². The first-order chi connectivity index (χ1) is 11.5. The van der Waals surface area contributed by atoms with Crippen molar-refractivity contribution in [3.63, 3.8) is 0 Å². The SMILES string of the molecule is CCc1oc2ccccc2c1CN(C)S(=O)(=O)N(CC)CC1CC1. The molecule has 2 aromatic rings. The van der Waals surface area contributed by atoms with Crippen molar-refractivity contribution in [2.75, 3.05) is 20.1 Å². The summed E-state index contributed by atoms with van der Waals surface area (Å²) in [5, 5.41) is 1.00. The topological polar surface area (TPSA) is 53.8 Å². The fourth-order valence-corrected chi connectivity index (χ4v) is 4.50. The summed E-state index contributed by atoms with van der Waals surface area (Å²) in [6.07, 6.45) is 3.03. The molecular formula is C18H26N2O3S. The molecule has 3 rings (SSSR count). The smallest absolute Gasteiger partial charge is 0.282 e. The Hall–Kier alpha value is -1.37. The maximum atomic E-state index is 12.9. The van der Waals surface area contributed by atoms with Gasteiger partial charge in [0, 0.05) is 44.1 Å². The highest BCUT2D eigenvalue weighted by Crippen LogP contribution is 2.32. The van der Waals surface area contributed by atoms with E-state index in [2.05, 4.69) is 0 Å². The minimum atomic E-state index is -3.45. The predicted molar refractivity (Wildman–Crippen MR) is 95.9 cm³/mol.